The second-order valence-corrected chi connectivity index (χ2v) is 7.80. The summed E-state index contributed by atoms with van der Waals surface area (Å²) in [7, 11) is -3.43. The van der Waals surface area contributed by atoms with Crippen molar-refractivity contribution < 1.29 is 22.0 Å². The molecule has 0 N–H and O–H groups in total. The molecule has 0 radical (unpaired) electrons. The Hall–Kier alpha value is -1.05. The zero-order chi connectivity index (χ0) is 15.3. The van der Waals surface area contributed by atoms with E-state index in [1.165, 1.54) is 0 Å². The monoisotopic (exact) mass is 317 g/mol. The molecular weight excluding hydrogens is 300 g/mol. The fraction of sp³-hybridized carbons (Fsp3) is 0.462. The average Bonchev–Trinajstić information content (AvgIpc) is 2.35. The molecule has 2 unspecified atom stereocenters. The van der Waals surface area contributed by atoms with Gasteiger partial charge in [0.05, 0.1) is 5.75 Å². The molecule has 0 saturated heterocycles. The maximum atomic E-state index is 12.2. The molecule has 1 rings (SSSR count). The lowest BCUT2D eigenvalue weighted by Gasteiger charge is -2.16. The fourth-order valence-corrected chi connectivity index (χ4v) is 3.62. The van der Waals surface area contributed by atoms with Crippen LogP contribution in [0.5, 0.6) is 0 Å². The Balaban J connectivity index is 2.99. The van der Waals surface area contributed by atoms with Gasteiger partial charge in [0.2, 0.25) is 0 Å². The van der Waals surface area contributed by atoms with E-state index in [4.69, 9.17) is 0 Å². The van der Waals surface area contributed by atoms with Crippen LogP contribution in [0, 0.1) is 5.92 Å². The molecule has 0 saturated carbocycles. The number of hydrogen-bond donors (Lipinski definition) is 0. The summed E-state index contributed by atoms with van der Waals surface area (Å²) in [5.41, 5.74) is 1.38. The summed E-state index contributed by atoms with van der Waals surface area (Å²) in [4.78, 5) is 12.2. The number of benzene rings is 1. The van der Waals surface area contributed by atoms with Gasteiger partial charge in [-0.1, -0.05) is 42.3 Å². The smallest absolute Gasteiger partial charge is 0.167 e. The van der Waals surface area contributed by atoms with Crippen LogP contribution in [-0.4, -0.2) is 40.7 Å². The van der Waals surface area contributed by atoms with E-state index >= 15 is 0 Å². The molecule has 7 heteroatoms. The number of hydrogen-bond acceptors (Lipinski definition) is 5. The lowest BCUT2D eigenvalue weighted by Crippen LogP contribution is -2.28. The van der Waals surface area contributed by atoms with Crippen LogP contribution in [0.15, 0.2) is 24.3 Å². The van der Waals surface area contributed by atoms with Gasteiger partial charge in [-0.15, -0.1) is 0 Å². The van der Waals surface area contributed by atoms with Crippen molar-refractivity contribution in [3.8, 4) is 0 Å². The molecule has 0 bridgehead atoms. The number of carbonyl (C=O) groups excluding carboxylic acids is 1. The first-order valence-electron chi connectivity index (χ1n) is 6.09. The largest absolute Gasteiger partial charge is 0.772 e. The summed E-state index contributed by atoms with van der Waals surface area (Å²) in [5.74, 6) is -2.46. The van der Waals surface area contributed by atoms with Gasteiger partial charge >= 0.3 is 0 Å². The van der Waals surface area contributed by atoms with E-state index in [-0.39, 0.29) is 0 Å². The third kappa shape index (κ3) is 5.52. The summed E-state index contributed by atoms with van der Waals surface area (Å²) in [6.45, 7) is 1.98. The maximum Gasteiger partial charge on any atom is 0.167 e. The summed E-state index contributed by atoms with van der Waals surface area (Å²) >= 11 is -2.47. The van der Waals surface area contributed by atoms with E-state index in [2.05, 4.69) is 0 Å². The molecule has 20 heavy (non-hydrogen) atoms. The molecule has 2 atom stereocenters. The molecule has 0 fully saturated rings. The number of aryl methyl sites for hydroxylation is 1. The quantitative estimate of drug-likeness (QED) is 0.552. The lowest BCUT2D eigenvalue weighted by molar-refractivity contribution is 0.0941. The van der Waals surface area contributed by atoms with Crippen molar-refractivity contribution in [3.05, 3.63) is 35.4 Å². The predicted octanol–water partition coefficient (Wildman–Crippen LogP) is 0.972. The third-order valence-electron chi connectivity index (χ3n) is 2.86. The number of Topliss-reactive ketones (excluding diaryl/α,β-unsaturated/α-hetero) is 1. The molecule has 0 aliphatic rings. The Kier molecular flexibility index (Phi) is 6.04. The standard InChI is InChI=1S/C13H18O5S2/c1-3-10-4-6-11(7-5-10)13(14)12(8-19(15)16)9-20(2,17)18/h4-7,12H,3,8-9H2,1-2H3,(H,15,16)/p-1. The van der Waals surface area contributed by atoms with E-state index in [1.807, 2.05) is 6.92 Å². The highest BCUT2D eigenvalue weighted by atomic mass is 32.2. The van der Waals surface area contributed by atoms with Gasteiger partial charge in [-0.05, 0) is 12.0 Å². The second kappa shape index (κ2) is 7.10. The summed E-state index contributed by atoms with van der Waals surface area (Å²) < 4.78 is 44.2. The van der Waals surface area contributed by atoms with Gasteiger partial charge in [-0.2, -0.15) is 0 Å². The van der Waals surface area contributed by atoms with E-state index in [0.29, 0.717) is 5.56 Å². The number of rotatable bonds is 7. The van der Waals surface area contributed by atoms with E-state index < -0.39 is 44.1 Å². The number of sulfone groups is 1. The zero-order valence-corrected chi connectivity index (χ0v) is 13.0. The summed E-state index contributed by atoms with van der Waals surface area (Å²) in [6.07, 6.45) is 1.81. The fourth-order valence-electron chi connectivity index (χ4n) is 1.87. The Labute approximate surface area is 121 Å². The molecule has 0 spiro atoms. The van der Waals surface area contributed by atoms with Gasteiger partial charge in [0.25, 0.3) is 0 Å². The minimum absolute atomic E-state index is 0.335. The maximum absolute atomic E-state index is 12.2. The highest BCUT2D eigenvalue weighted by Gasteiger charge is 2.24. The van der Waals surface area contributed by atoms with E-state index in [0.717, 1.165) is 18.2 Å². The van der Waals surface area contributed by atoms with Gasteiger partial charge in [0.15, 0.2) is 5.78 Å². The van der Waals surface area contributed by atoms with Gasteiger partial charge in [0, 0.05) is 23.5 Å². The molecule has 0 aromatic heterocycles. The van der Waals surface area contributed by atoms with Gasteiger partial charge < -0.3 is 4.55 Å². The Morgan fingerprint density at radius 2 is 1.85 bits per heavy atom. The van der Waals surface area contributed by atoms with Gasteiger partial charge in [-0.25, -0.2) is 8.42 Å². The minimum Gasteiger partial charge on any atom is -0.772 e. The molecule has 5 nitrogen and oxygen atoms in total. The minimum atomic E-state index is -3.43. The molecule has 1 aromatic carbocycles. The average molecular weight is 317 g/mol. The van der Waals surface area contributed by atoms with E-state index in [1.54, 1.807) is 24.3 Å². The first-order chi connectivity index (χ1) is 9.23. The van der Waals surface area contributed by atoms with Gasteiger partial charge in [-0.3, -0.25) is 9.00 Å². The van der Waals surface area contributed by atoms with Crippen molar-refractivity contribution in [2.24, 2.45) is 5.92 Å². The van der Waals surface area contributed by atoms with Crippen molar-refractivity contribution in [2.45, 2.75) is 13.3 Å². The molecule has 0 heterocycles. The Bertz CT molecular complexity index is 590. The van der Waals surface area contributed by atoms with Crippen molar-refractivity contribution in [1.82, 2.24) is 0 Å². The molecule has 0 amide bonds. The molecule has 0 aliphatic carbocycles. The van der Waals surface area contributed by atoms with Crippen molar-refractivity contribution >= 4 is 26.7 Å². The topological polar surface area (TPSA) is 91.3 Å². The van der Waals surface area contributed by atoms with Crippen LogP contribution < -0.4 is 0 Å². The van der Waals surface area contributed by atoms with Crippen molar-refractivity contribution in [2.75, 3.05) is 17.8 Å². The lowest BCUT2D eigenvalue weighted by atomic mass is 9.99. The van der Waals surface area contributed by atoms with Crippen molar-refractivity contribution in [3.63, 3.8) is 0 Å². The zero-order valence-electron chi connectivity index (χ0n) is 11.4. The highest BCUT2D eigenvalue weighted by Crippen LogP contribution is 2.14. The van der Waals surface area contributed by atoms with Crippen LogP contribution in [0.3, 0.4) is 0 Å². The SMILES string of the molecule is CCc1ccc(C(=O)C(CS(=O)[O-])CS(C)(=O)=O)cc1. The summed E-state index contributed by atoms with van der Waals surface area (Å²) in [5, 5.41) is 0. The molecule has 112 valence electrons. The van der Waals surface area contributed by atoms with Crippen LogP contribution >= 0.6 is 0 Å². The second-order valence-electron chi connectivity index (χ2n) is 4.67. The van der Waals surface area contributed by atoms with Gasteiger partial charge in [0.1, 0.15) is 9.84 Å². The molecular formula is C13H17O5S2-. The Morgan fingerprint density at radius 3 is 2.25 bits per heavy atom. The van der Waals surface area contributed by atoms with Crippen LogP contribution in [0.2, 0.25) is 0 Å². The Morgan fingerprint density at radius 1 is 1.30 bits per heavy atom. The van der Waals surface area contributed by atoms with Crippen LogP contribution in [0.4, 0.5) is 0 Å². The first kappa shape index (κ1) is 17.0. The van der Waals surface area contributed by atoms with Crippen molar-refractivity contribution in [1.29, 1.82) is 0 Å². The highest BCUT2D eigenvalue weighted by molar-refractivity contribution is 7.90. The predicted molar refractivity (Wildman–Crippen MR) is 77.1 cm³/mol. The number of carbonyl (C=O) groups is 1. The molecule has 1 aromatic rings. The van der Waals surface area contributed by atoms with Crippen LogP contribution in [0.1, 0.15) is 22.8 Å². The summed E-state index contributed by atoms with van der Waals surface area (Å²) in [6, 6.07) is 6.76. The first-order valence-corrected chi connectivity index (χ1v) is 9.40. The van der Waals surface area contributed by atoms with E-state index in [9.17, 15) is 22.0 Å². The molecule has 0 aliphatic heterocycles. The normalized spacial score (nSPS) is 14.8. The van der Waals surface area contributed by atoms with Crippen LogP contribution in [0.25, 0.3) is 0 Å². The third-order valence-corrected chi connectivity index (χ3v) is 4.54. The van der Waals surface area contributed by atoms with Crippen LogP contribution in [-0.2, 0) is 27.3 Å². The number of ketones is 1.